The number of halogens is 2. The van der Waals surface area contributed by atoms with Crippen LogP contribution >= 0.6 is 39.3 Å². The summed E-state index contributed by atoms with van der Waals surface area (Å²) in [7, 11) is 1.51. The quantitative estimate of drug-likeness (QED) is 0.0911. The second-order valence-corrected chi connectivity index (χ2v) is 9.98. The highest BCUT2D eigenvalue weighted by molar-refractivity contribution is 9.10. The molecule has 0 radical (unpaired) electrons. The van der Waals surface area contributed by atoms with E-state index in [1.165, 1.54) is 11.8 Å². The molecule has 0 aliphatic rings. The lowest BCUT2D eigenvalue weighted by Gasteiger charge is -2.10. The van der Waals surface area contributed by atoms with E-state index in [1.54, 1.807) is 24.4 Å². The summed E-state index contributed by atoms with van der Waals surface area (Å²) in [6, 6.07) is 20.4. The number of hydrazone groups is 1. The fourth-order valence-corrected chi connectivity index (χ4v) is 4.49. The summed E-state index contributed by atoms with van der Waals surface area (Å²) in [4.78, 5) is 12.4. The highest BCUT2D eigenvalue weighted by Crippen LogP contribution is 2.28. The number of thioether (sulfide) groups is 1. The molecule has 4 rings (SSSR count). The Morgan fingerprint density at radius 3 is 2.82 bits per heavy atom. The highest BCUT2D eigenvalue weighted by Gasteiger charge is 2.14. The van der Waals surface area contributed by atoms with Crippen LogP contribution in [0.3, 0.4) is 0 Å². The van der Waals surface area contributed by atoms with Crippen LogP contribution in [0.1, 0.15) is 11.1 Å². The number of nitrogens with zero attached hydrogens (tertiary/aromatic N) is 4. The minimum atomic E-state index is -0.287. The van der Waals surface area contributed by atoms with E-state index in [4.69, 9.17) is 26.9 Å². The Morgan fingerprint density at radius 2 is 2.00 bits per heavy atom. The molecule has 1 heterocycles. The van der Waals surface area contributed by atoms with Gasteiger partial charge in [0.25, 0.3) is 5.95 Å². The van der Waals surface area contributed by atoms with E-state index >= 15 is 0 Å². The molecule has 4 N–H and O–H groups in total. The number of nitrogens with one attached hydrogen (secondary N) is 2. The van der Waals surface area contributed by atoms with Gasteiger partial charge in [-0.15, -0.1) is 10.2 Å². The van der Waals surface area contributed by atoms with Gasteiger partial charge in [0.2, 0.25) is 11.1 Å². The Bertz CT molecular complexity index is 1450. The number of para-hydroxylation sites is 1. The summed E-state index contributed by atoms with van der Waals surface area (Å²) < 4.78 is 13.4. The molecule has 38 heavy (non-hydrogen) atoms. The summed E-state index contributed by atoms with van der Waals surface area (Å²) in [6.45, 7) is 0.410. The standard InChI is InChI=1S/C25H23BrClN7O3S/c1-36-22-10-9-19(27)12-20(22)30-23(35)15-38-25-33-32-24(34(25)28)31-29-13-17-6-2-3-8-21(17)37-14-16-5-4-7-18(26)11-16/h2-13H,14-15,28H2,1H3,(H,30,35)(H,31,32)/b29-13+. The molecule has 3 aromatic carbocycles. The number of benzene rings is 3. The first-order valence-corrected chi connectivity index (χ1v) is 13.3. The van der Waals surface area contributed by atoms with Crippen LogP contribution in [0.5, 0.6) is 11.5 Å². The van der Waals surface area contributed by atoms with Crippen molar-refractivity contribution in [3.05, 3.63) is 87.4 Å². The van der Waals surface area contributed by atoms with Crippen LogP contribution in [0, 0.1) is 0 Å². The lowest BCUT2D eigenvalue weighted by Crippen LogP contribution is -2.17. The molecule has 13 heteroatoms. The van der Waals surface area contributed by atoms with Gasteiger partial charge in [0, 0.05) is 15.1 Å². The minimum absolute atomic E-state index is 0.0387. The first-order valence-electron chi connectivity index (χ1n) is 11.1. The normalized spacial score (nSPS) is 10.9. The molecule has 0 fully saturated rings. The predicted molar refractivity (Wildman–Crippen MR) is 154 cm³/mol. The molecule has 0 bridgehead atoms. The molecule has 1 aromatic heterocycles. The lowest BCUT2D eigenvalue weighted by molar-refractivity contribution is -0.113. The highest BCUT2D eigenvalue weighted by atomic mass is 79.9. The number of carbonyl (C=O) groups excluding carboxylic acids is 1. The number of aromatic nitrogens is 3. The fourth-order valence-electron chi connectivity index (χ4n) is 3.21. The van der Waals surface area contributed by atoms with Crippen molar-refractivity contribution in [1.29, 1.82) is 0 Å². The molecule has 10 nitrogen and oxygen atoms in total. The number of hydrogen-bond donors (Lipinski definition) is 3. The number of nitrogens with two attached hydrogens (primary N) is 1. The van der Waals surface area contributed by atoms with E-state index in [-0.39, 0.29) is 17.6 Å². The van der Waals surface area contributed by atoms with Gasteiger partial charge in [0.05, 0.1) is 24.8 Å². The van der Waals surface area contributed by atoms with Gasteiger partial charge < -0.3 is 20.6 Å². The van der Waals surface area contributed by atoms with E-state index in [0.717, 1.165) is 27.4 Å². The average molecular weight is 617 g/mol. The number of amides is 1. The Labute approximate surface area is 236 Å². The molecule has 0 saturated heterocycles. The molecular formula is C25H23BrClN7O3S. The third-order valence-electron chi connectivity index (χ3n) is 5.00. The van der Waals surface area contributed by atoms with Crippen molar-refractivity contribution < 1.29 is 14.3 Å². The number of carbonyl (C=O) groups is 1. The zero-order chi connectivity index (χ0) is 26.9. The maximum atomic E-state index is 12.4. The Kier molecular flexibility index (Phi) is 9.46. The van der Waals surface area contributed by atoms with Crippen LogP contribution in [0.2, 0.25) is 5.02 Å². The molecule has 1 amide bonds. The lowest BCUT2D eigenvalue weighted by atomic mass is 10.2. The van der Waals surface area contributed by atoms with Crippen LogP contribution in [-0.2, 0) is 11.4 Å². The maximum absolute atomic E-state index is 12.4. The van der Waals surface area contributed by atoms with Gasteiger partial charge in [0.1, 0.15) is 18.1 Å². The second-order valence-electron chi connectivity index (χ2n) is 7.68. The molecule has 0 aliphatic carbocycles. The Morgan fingerprint density at radius 1 is 1.16 bits per heavy atom. The minimum Gasteiger partial charge on any atom is -0.495 e. The fraction of sp³-hybridized carbons (Fsp3) is 0.120. The number of anilines is 2. The molecule has 4 aromatic rings. The molecular weight excluding hydrogens is 594 g/mol. The van der Waals surface area contributed by atoms with Crippen LogP contribution < -0.4 is 26.1 Å². The molecule has 0 aliphatic heterocycles. The number of hydrogen-bond acceptors (Lipinski definition) is 9. The monoisotopic (exact) mass is 615 g/mol. The molecule has 196 valence electrons. The van der Waals surface area contributed by atoms with Crippen molar-refractivity contribution in [2.75, 3.05) is 29.4 Å². The second kappa shape index (κ2) is 13.2. The van der Waals surface area contributed by atoms with Crippen molar-refractivity contribution in [3.8, 4) is 11.5 Å². The van der Waals surface area contributed by atoms with Gasteiger partial charge in [-0.25, -0.2) is 10.1 Å². The number of rotatable bonds is 11. The SMILES string of the molecule is COc1ccc(Cl)cc1NC(=O)CSc1nnc(N/N=C/c2ccccc2OCc2cccc(Br)c2)n1N. The average Bonchev–Trinajstić information content (AvgIpc) is 3.26. The van der Waals surface area contributed by atoms with Gasteiger partial charge in [-0.3, -0.25) is 4.79 Å². The predicted octanol–water partition coefficient (Wildman–Crippen LogP) is 5.17. The number of methoxy groups -OCH3 is 1. The summed E-state index contributed by atoms with van der Waals surface area (Å²) in [5.74, 6) is 7.20. The maximum Gasteiger partial charge on any atom is 0.264 e. The van der Waals surface area contributed by atoms with Gasteiger partial charge in [-0.2, -0.15) is 5.10 Å². The van der Waals surface area contributed by atoms with Gasteiger partial charge in [0.15, 0.2) is 0 Å². The van der Waals surface area contributed by atoms with Gasteiger partial charge >= 0.3 is 0 Å². The summed E-state index contributed by atoms with van der Waals surface area (Å²) in [5.41, 5.74) is 5.03. The third-order valence-corrected chi connectivity index (χ3v) is 6.67. The van der Waals surface area contributed by atoms with Crippen molar-refractivity contribution in [2.45, 2.75) is 11.8 Å². The van der Waals surface area contributed by atoms with E-state index < -0.39 is 0 Å². The Balaban J connectivity index is 1.32. The van der Waals surface area contributed by atoms with Crippen molar-refractivity contribution >= 4 is 63.1 Å². The van der Waals surface area contributed by atoms with Crippen molar-refractivity contribution in [1.82, 2.24) is 14.9 Å². The summed E-state index contributed by atoms with van der Waals surface area (Å²) in [6.07, 6.45) is 1.60. The molecule has 0 unspecified atom stereocenters. The van der Waals surface area contributed by atoms with Gasteiger partial charge in [-0.1, -0.05) is 63.6 Å². The van der Waals surface area contributed by atoms with Crippen molar-refractivity contribution in [2.24, 2.45) is 5.10 Å². The van der Waals surface area contributed by atoms with E-state index in [1.807, 2.05) is 48.5 Å². The zero-order valence-corrected chi connectivity index (χ0v) is 23.3. The van der Waals surface area contributed by atoms with E-state index in [9.17, 15) is 4.79 Å². The molecule has 0 spiro atoms. The smallest absolute Gasteiger partial charge is 0.264 e. The first-order chi connectivity index (χ1) is 18.4. The topological polar surface area (TPSA) is 129 Å². The molecule has 0 saturated carbocycles. The van der Waals surface area contributed by atoms with Crippen LogP contribution in [-0.4, -0.2) is 39.9 Å². The molecule has 0 atom stereocenters. The van der Waals surface area contributed by atoms with Crippen LogP contribution in [0.25, 0.3) is 0 Å². The third kappa shape index (κ3) is 7.40. The van der Waals surface area contributed by atoms with E-state index in [2.05, 4.69) is 42.0 Å². The van der Waals surface area contributed by atoms with Gasteiger partial charge in [-0.05, 0) is 48.0 Å². The van der Waals surface area contributed by atoms with Crippen LogP contribution in [0.15, 0.2) is 81.5 Å². The zero-order valence-electron chi connectivity index (χ0n) is 20.1. The summed E-state index contributed by atoms with van der Waals surface area (Å²) in [5, 5.41) is 15.8. The first kappa shape index (κ1) is 27.3. The summed E-state index contributed by atoms with van der Waals surface area (Å²) >= 11 is 10.6. The Hall–Kier alpha value is -3.74. The van der Waals surface area contributed by atoms with E-state index in [0.29, 0.717) is 34.0 Å². The largest absolute Gasteiger partial charge is 0.495 e. The number of nitrogen functional groups attached to an aromatic ring is 1. The van der Waals surface area contributed by atoms with Crippen LogP contribution in [0.4, 0.5) is 11.6 Å². The van der Waals surface area contributed by atoms with Crippen molar-refractivity contribution in [3.63, 3.8) is 0 Å². The number of ether oxygens (including phenoxy) is 2.